The highest BCUT2D eigenvalue weighted by atomic mass is 16.5. The topological polar surface area (TPSA) is 56.8 Å². The molecule has 0 radical (unpaired) electrons. The summed E-state index contributed by atoms with van der Waals surface area (Å²) in [6.45, 7) is 2.47. The van der Waals surface area contributed by atoms with Crippen LogP contribution in [0.5, 0.6) is 17.2 Å². The van der Waals surface area contributed by atoms with E-state index >= 15 is 0 Å². The number of carbonyl (C=O) groups is 1. The standard InChI is InChI=1S/C22H23NO4/c1-16(27-21-10-6-5-9-20(21)25-2)22(24)23-13-14-26-19-12-11-17-7-3-4-8-18(17)15-19/h3-12,15-16H,13-14H2,1-2H3,(H,23,24). The Hall–Kier alpha value is -3.21. The Morgan fingerprint density at radius 2 is 1.67 bits per heavy atom. The summed E-state index contributed by atoms with van der Waals surface area (Å²) in [5.41, 5.74) is 0. The zero-order valence-electron chi connectivity index (χ0n) is 15.5. The third kappa shape index (κ3) is 4.91. The second kappa shape index (κ2) is 8.94. The predicted molar refractivity (Wildman–Crippen MR) is 106 cm³/mol. The van der Waals surface area contributed by atoms with Crippen molar-refractivity contribution in [3.8, 4) is 17.2 Å². The molecule has 5 nitrogen and oxygen atoms in total. The van der Waals surface area contributed by atoms with Crippen molar-refractivity contribution in [1.29, 1.82) is 0 Å². The maximum absolute atomic E-state index is 12.2. The average Bonchev–Trinajstić information content (AvgIpc) is 2.71. The number of hydrogen-bond donors (Lipinski definition) is 1. The number of carbonyl (C=O) groups excluding carboxylic acids is 1. The highest BCUT2D eigenvalue weighted by Crippen LogP contribution is 2.26. The highest BCUT2D eigenvalue weighted by molar-refractivity contribution is 5.83. The van der Waals surface area contributed by atoms with Gasteiger partial charge in [0.15, 0.2) is 17.6 Å². The Kier molecular flexibility index (Phi) is 6.15. The van der Waals surface area contributed by atoms with Gasteiger partial charge in [0, 0.05) is 0 Å². The van der Waals surface area contributed by atoms with E-state index in [0.29, 0.717) is 24.7 Å². The van der Waals surface area contributed by atoms with Gasteiger partial charge < -0.3 is 19.5 Å². The van der Waals surface area contributed by atoms with E-state index in [1.165, 1.54) is 5.39 Å². The summed E-state index contributed by atoms with van der Waals surface area (Å²) in [5.74, 6) is 1.70. The van der Waals surface area contributed by atoms with Gasteiger partial charge in [0.05, 0.1) is 13.7 Å². The first-order valence-corrected chi connectivity index (χ1v) is 8.86. The minimum Gasteiger partial charge on any atom is -0.493 e. The smallest absolute Gasteiger partial charge is 0.260 e. The van der Waals surface area contributed by atoms with Crippen molar-refractivity contribution in [2.75, 3.05) is 20.3 Å². The molecular formula is C22H23NO4. The monoisotopic (exact) mass is 365 g/mol. The average molecular weight is 365 g/mol. The number of fused-ring (bicyclic) bond motifs is 1. The van der Waals surface area contributed by atoms with Crippen LogP contribution in [0.2, 0.25) is 0 Å². The molecule has 0 fully saturated rings. The lowest BCUT2D eigenvalue weighted by Gasteiger charge is -2.16. The SMILES string of the molecule is COc1ccccc1OC(C)C(=O)NCCOc1ccc2ccccc2c1. The van der Waals surface area contributed by atoms with Crippen molar-refractivity contribution in [3.05, 3.63) is 66.7 Å². The first-order valence-electron chi connectivity index (χ1n) is 8.86. The van der Waals surface area contributed by atoms with E-state index in [0.717, 1.165) is 11.1 Å². The van der Waals surface area contributed by atoms with E-state index in [1.54, 1.807) is 26.2 Å². The molecule has 1 unspecified atom stereocenters. The van der Waals surface area contributed by atoms with Gasteiger partial charge in [-0.1, -0.05) is 42.5 Å². The molecule has 0 saturated heterocycles. The van der Waals surface area contributed by atoms with Gasteiger partial charge >= 0.3 is 0 Å². The summed E-state index contributed by atoms with van der Waals surface area (Å²) < 4.78 is 16.6. The van der Waals surface area contributed by atoms with Crippen molar-refractivity contribution >= 4 is 16.7 Å². The van der Waals surface area contributed by atoms with Gasteiger partial charge in [0.25, 0.3) is 5.91 Å². The van der Waals surface area contributed by atoms with Crippen LogP contribution in [0.3, 0.4) is 0 Å². The quantitative estimate of drug-likeness (QED) is 0.617. The van der Waals surface area contributed by atoms with Crippen LogP contribution >= 0.6 is 0 Å². The van der Waals surface area contributed by atoms with Crippen LogP contribution in [0.1, 0.15) is 6.92 Å². The Morgan fingerprint density at radius 3 is 2.44 bits per heavy atom. The van der Waals surface area contributed by atoms with Gasteiger partial charge in [0.1, 0.15) is 12.4 Å². The predicted octanol–water partition coefficient (Wildman–Crippen LogP) is 3.81. The van der Waals surface area contributed by atoms with Gasteiger partial charge in [-0.2, -0.15) is 0 Å². The number of methoxy groups -OCH3 is 1. The third-order valence-electron chi connectivity index (χ3n) is 4.13. The molecule has 3 aromatic carbocycles. The molecule has 0 aliphatic carbocycles. The number of amides is 1. The fourth-order valence-corrected chi connectivity index (χ4v) is 2.70. The summed E-state index contributed by atoms with van der Waals surface area (Å²) in [6.07, 6.45) is -0.637. The zero-order chi connectivity index (χ0) is 19.1. The van der Waals surface area contributed by atoms with Gasteiger partial charge in [-0.05, 0) is 42.0 Å². The van der Waals surface area contributed by atoms with E-state index in [-0.39, 0.29) is 5.91 Å². The number of ether oxygens (including phenoxy) is 3. The molecule has 0 spiro atoms. The highest BCUT2D eigenvalue weighted by Gasteiger charge is 2.16. The second-order valence-corrected chi connectivity index (χ2v) is 6.06. The molecule has 0 heterocycles. The van der Waals surface area contributed by atoms with E-state index in [1.807, 2.05) is 48.5 Å². The molecule has 27 heavy (non-hydrogen) atoms. The van der Waals surface area contributed by atoms with Crippen LogP contribution in [-0.4, -0.2) is 32.3 Å². The Morgan fingerprint density at radius 1 is 0.963 bits per heavy atom. The lowest BCUT2D eigenvalue weighted by molar-refractivity contribution is -0.127. The maximum atomic E-state index is 12.2. The Labute approximate surface area is 158 Å². The molecule has 0 aliphatic rings. The minimum atomic E-state index is -0.637. The zero-order valence-corrected chi connectivity index (χ0v) is 15.5. The fraction of sp³-hybridized carbons (Fsp3) is 0.227. The Balaban J connectivity index is 1.45. The molecule has 1 N–H and O–H groups in total. The molecule has 0 aromatic heterocycles. The molecule has 5 heteroatoms. The van der Waals surface area contributed by atoms with Crippen molar-refractivity contribution in [2.45, 2.75) is 13.0 Å². The molecule has 0 aliphatic heterocycles. The maximum Gasteiger partial charge on any atom is 0.260 e. The van der Waals surface area contributed by atoms with Gasteiger partial charge in [0.2, 0.25) is 0 Å². The van der Waals surface area contributed by atoms with Crippen molar-refractivity contribution in [1.82, 2.24) is 5.32 Å². The lowest BCUT2D eigenvalue weighted by atomic mass is 10.1. The molecule has 1 amide bonds. The third-order valence-corrected chi connectivity index (χ3v) is 4.13. The fourth-order valence-electron chi connectivity index (χ4n) is 2.70. The summed E-state index contributed by atoms with van der Waals surface area (Å²) in [6, 6.07) is 21.3. The largest absolute Gasteiger partial charge is 0.493 e. The molecule has 140 valence electrons. The summed E-state index contributed by atoms with van der Waals surface area (Å²) in [4.78, 5) is 12.2. The summed E-state index contributed by atoms with van der Waals surface area (Å²) in [5, 5.41) is 5.11. The lowest BCUT2D eigenvalue weighted by Crippen LogP contribution is -2.38. The van der Waals surface area contributed by atoms with E-state index in [4.69, 9.17) is 14.2 Å². The second-order valence-electron chi connectivity index (χ2n) is 6.06. The molecular weight excluding hydrogens is 342 g/mol. The minimum absolute atomic E-state index is 0.206. The van der Waals surface area contributed by atoms with Gasteiger partial charge in [-0.3, -0.25) is 4.79 Å². The van der Waals surface area contributed by atoms with Crippen LogP contribution in [0.4, 0.5) is 0 Å². The van der Waals surface area contributed by atoms with E-state index in [9.17, 15) is 4.79 Å². The number of para-hydroxylation sites is 2. The number of hydrogen-bond acceptors (Lipinski definition) is 4. The molecule has 3 rings (SSSR count). The van der Waals surface area contributed by atoms with Crippen molar-refractivity contribution < 1.29 is 19.0 Å². The van der Waals surface area contributed by atoms with E-state index < -0.39 is 6.10 Å². The van der Waals surface area contributed by atoms with Crippen LogP contribution < -0.4 is 19.5 Å². The van der Waals surface area contributed by atoms with Crippen molar-refractivity contribution in [3.63, 3.8) is 0 Å². The Bertz CT molecular complexity index is 909. The molecule has 0 bridgehead atoms. The first-order chi connectivity index (χ1) is 13.2. The number of rotatable bonds is 8. The van der Waals surface area contributed by atoms with Crippen LogP contribution in [-0.2, 0) is 4.79 Å². The van der Waals surface area contributed by atoms with Crippen LogP contribution in [0.25, 0.3) is 10.8 Å². The summed E-state index contributed by atoms with van der Waals surface area (Å²) >= 11 is 0. The van der Waals surface area contributed by atoms with E-state index in [2.05, 4.69) is 11.4 Å². The van der Waals surface area contributed by atoms with Gasteiger partial charge in [-0.25, -0.2) is 0 Å². The van der Waals surface area contributed by atoms with Gasteiger partial charge in [-0.15, -0.1) is 0 Å². The number of nitrogens with one attached hydrogen (secondary N) is 1. The molecule has 0 saturated carbocycles. The van der Waals surface area contributed by atoms with Crippen LogP contribution in [0, 0.1) is 0 Å². The first kappa shape index (κ1) is 18.6. The summed E-state index contributed by atoms with van der Waals surface area (Å²) in [7, 11) is 1.57. The van der Waals surface area contributed by atoms with Crippen LogP contribution in [0.15, 0.2) is 66.7 Å². The normalized spacial score (nSPS) is 11.6. The molecule has 3 aromatic rings. The van der Waals surface area contributed by atoms with Crippen molar-refractivity contribution in [2.24, 2.45) is 0 Å². The number of benzene rings is 3. The molecule has 1 atom stereocenters.